The van der Waals surface area contributed by atoms with Gasteiger partial charge < -0.3 is 14.6 Å². The smallest absolute Gasteiger partial charge is 0.451 e. The van der Waals surface area contributed by atoms with E-state index in [1.54, 1.807) is 6.07 Å². The lowest BCUT2D eigenvalue weighted by Gasteiger charge is -2.28. The van der Waals surface area contributed by atoms with E-state index in [1.807, 2.05) is 0 Å². The SMILES string of the molecule is O=C(O)c1cccc(CC(=O)N2CCn3c(nnc3C(F)(F)F)C2)c1. The number of amides is 1. The molecule has 0 radical (unpaired) electrons. The number of benzene rings is 1. The van der Waals surface area contributed by atoms with Crippen LogP contribution < -0.4 is 0 Å². The monoisotopic (exact) mass is 354 g/mol. The van der Waals surface area contributed by atoms with Gasteiger partial charge in [-0.3, -0.25) is 4.79 Å². The van der Waals surface area contributed by atoms with Gasteiger partial charge >= 0.3 is 12.1 Å². The van der Waals surface area contributed by atoms with Crippen LogP contribution >= 0.6 is 0 Å². The minimum Gasteiger partial charge on any atom is -0.478 e. The molecule has 10 heteroatoms. The van der Waals surface area contributed by atoms with Crippen LogP contribution in [0.1, 0.15) is 27.6 Å². The van der Waals surface area contributed by atoms with Crippen molar-refractivity contribution >= 4 is 11.9 Å². The van der Waals surface area contributed by atoms with Crippen molar-refractivity contribution in [2.45, 2.75) is 25.7 Å². The van der Waals surface area contributed by atoms with E-state index in [-0.39, 0.29) is 43.4 Å². The Bertz CT molecular complexity index is 832. The summed E-state index contributed by atoms with van der Waals surface area (Å²) in [5.41, 5.74) is 0.589. The highest BCUT2D eigenvalue weighted by molar-refractivity contribution is 5.88. The van der Waals surface area contributed by atoms with Gasteiger partial charge in [0, 0.05) is 13.1 Å². The van der Waals surface area contributed by atoms with Crippen LogP contribution in [0.5, 0.6) is 0 Å². The number of nitrogens with zero attached hydrogens (tertiary/aromatic N) is 4. The topological polar surface area (TPSA) is 88.3 Å². The molecule has 0 saturated heterocycles. The Kier molecular flexibility index (Phi) is 4.19. The second kappa shape index (κ2) is 6.19. The lowest BCUT2D eigenvalue weighted by atomic mass is 10.1. The molecule has 25 heavy (non-hydrogen) atoms. The van der Waals surface area contributed by atoms with Crippen LogP contribution in [0.15, 0.2) is 24.3 Å². The van der Waals surface area contributed by atoms with Gasteiger partial charge in [-0.1, -0.05) is 12.1 Å². The number of hydrogen-bond donors (Lipinski definition) is 1. The molecule has 1 N–H and O–H groups in total. The highest BCUT2D eigenvalue weighted by Gasteiger charge is 2.39. The molecule has 1 aromatic carbocycles. The zero-order chi connectivity index (χ0) is 18.2. The van der Waals surface area contributed by atoms with E-state index < -0.39 is 18.0 Å². The van der Waals surface area contributed by atoms with Gasteiger partial charge in [-0.15, -0.1) is 10.2 Å². The Morgan fingerprint density at radius 2 is 1.96 bits per heavy atom. The van der Waals surface area contributed by atoms with Gasteiger partial charge in [0.2, 0.25) is 11.7 Å². The van der Waals surface area contributed by atoms with Crippen LogP contribution in [0.3, 0.4) is 0 Å². The molecule has 0 spiro atoms. The number of halogens is 3. The lowest BCUT2D eigenvalue weighted by Crippen LogP contribution is -2.40. The predicted molar refractivity (Wildman–Crippen MR) is 77.5 cm³/mol. The molecular formula is C15H13F3N4O3. The maximum Gasteiger partial charge on any atom is 0.451 e. The molecule has 1 amide bonds. The molecule has 0 aliphatic carbocycles. The molecule has 0 unspecified atom stereocenters. The third-order valence-electron chi connectivity index (χ3n) is 3.89. The maximum atomic E-state index is 12.8. The third kappa shape index (κ3) is 3.47. The van der Waals surface area contributed by atoms with E-state index in [2.05, 4.69) is 10.2 Å². The summed E-state index contributed by atoms with van der Waals surface area (Å²) >= 11 is 0. The number of carbonyl (C=O) groups is 2. The summed E-state index contributed by atoms with van der Waals surface area (Å²) in [6.45, 7) is -0.00973. The fourth-order valence-corrected chi connectivity index (χ4v) is 2.68. The summed E-state index contributed by atoms with van der Waals surface area (Å²) < 4.78 is 39.4. The number of aromatic nitrogens is 3. The molecule has 0 fully saturated rings. The van der Waals surface area contributed by atoms with Crippen molar-refractivity contribution in [3.63, 3.8) is 0 Å². The first-order valence-electron chi connectivity index (χ1n) is 7.35. The molecule has 0 atom stereocenters. The first-order chi connectivity index (χ1) is 11.8. The van der Waals surface area contributed by atoms with E-state index in [4.69, 9.17) is 5.11 Å². The highest BCUT2D eigenvalue weighted by atomic mass is 19.4. The minimum absolute atomic E-state index is 0.0403. The fraction of sp³-hybridized carbons (Fsp3) is 0.333. The van der Waals surface area contributed by atoms with Crippen molar-refractivity contribution in [1.82, 2.24) is 19.7 Å². The number of fused-ring (bicyclic) bond motifs is 1. The molecule has 3 rings (SSSR count). The summed E-state index contributed by atoms with van der Waals surface area (Å²) in [4.78, 5) is 24.7. The van der Waals surface area contributed by atoms with Crippen LogP contribution in [0.2, 0.25) is 0 Å². The van der Waals surface area contributed by atoms with E-state index in [1.165, 1.54) is 23.1 Å². The van der Waals surface area contributed by atoms with Crippen molar-refractivity contribution in [3.05, 3.63) is 47.0 Å². The van der Waals surface area contributed by atoms with Gasteiger partial charge in [-0.25, -0.2) is 4.79 Å². The van der Waals surface area contributed by atoms with Crippen LogP contribution in [0.4, 0.5) is 13.2 Å². The molecule has 0 saturated carbocycles. The zero-order valence-electron chi connectivity index (χ0n) is 12.8. The largest absolute Gasteiger partial charge is 0.478 e. The molecule has 1 aliphatic rings. The van der Waals surface area contributed by atoms with Crippen molar-refractivity contribution in [2.75, 3.05) is 6.54 Å². The summed E-state index contributed by atoms with van der Waals surface area (Å²) in [6, 6.07) is 5.97. The van der Waals surface area contributed by atoms with Crippen LogP contribution in [-0.2, 0) is 30.5 Å². The normalized spacial score (nSPS) is 14.3. The standard InChI is InChI=1S/C15H13F3N4O3/c16-15(17,18)14-20-19-11-8-21(4-5-22(11)14)12(23)7-9-2-1-3-10(6-9)13(24)25/h1-3,6H,4-5,7-8H2,(H,24,25). The molecule has 2 aromatic rings. The molecule has 0 bridgehead atoms. The Morgan fingerprint density at radius 3 is 2.64 bits per heavy atom. The Hall–Kier alpha value is -2.91. The molecule has 1 aliphatic heterocycles. The van der Waals surface area contributed by atoms with Gasteiger partial charge in [0.05, 0.1) is 18.5 Å². The van der Waals surface area contributed by atoms with E-state index in [9.17, 15) is 22.8 Å². The summed E-state index contributed by atoms with van der Waals surface area (Å²) in [7, 11) is 0. The second-order valence-corrected chi connectivity index (χ2v) is 5.59. The molecule has 1 aromatic heterocycles. The summed E-state index contributed by atoms with van der Waals surface area (Å²) in [5, 5.41) is 15.6. The first kappa shape index (κ1) is 16.9. The summed E-state index contributed by atoms with van der Waals surface area (Å²) in [5.74, 6) is -2.40. The minimum atomic E-state index is -4.59. The van der Waals surface area contributed by atoms with Crippen molar-refractivity contribution in [2.24, 2.45) is 0 Å². The first-order valence-corrected chi connectivity index (χ1v) is 7.35. The zero-order valence-corrected chi connectivity index (χ0v) is 12.8. The van der Waals surface area contributed by atoms with Crippen molar-refractivity contribution < 1.29 is 27.9 Å². The van der Waals surface area contributed by atoms with Gasteiger partial charge in [0.1, 0.15) is 0 Å². The number of aromatic carboxylic acids is 1. The molecule has 2 heterocycles. The van der Waals surface area contributed by atoms with Gasteiger partial charge in [-0.2, -0.15) is 13.2 Å². The number of carbonyl (C=O) groups excluding carboxylic acids is 1. The van der Waals surface area contributed by atoms with Crippen molar-refractivity contribution in [1.29, 1.82) is 0 Å². The number of hydrogen-bond acceptors (Lipinski definition) is 4. The molecule has 7 nitrogen and oxygen atoms in total. The van der Waals surface area contributed by atoms with E-state index in [0.29, 0.717) is 5.56 Å². The van der Waals surface area contributed by atoms with Crippen LogP contribution in [-0.4, -0.2) is 43.2 Å². The molecular weight excluding hydrogens is 341 g/mol. The van der Waals surface area contributed by atoms with Gasteiger partial charge in [0.25, 0.3) is 0 Å². The second-order valence-electron chi connectivity index (χ2n) is 5.59. The van der Waals surface area contributed by atoms with Crippen LogP contribution in [0.25, 0.3) is 0 Å². The average molecular weight is 354 g/mol. The fourth-order valence-electron chi connectivity index (χ4n) is 2.68. The quantitative estimate of drug-likeness (QED) is 0.904. The Balaban J connectivity index is 1.72. The third-order valence-corrected chi connectivity index (χ3v) is 3.89. The van der Waals surface area contributed by atoms with Gasteiger partial charge in [0.15, 0.2) is 5.82 Å². The molecule has 132 valence electrons. The number of carboxylic acids is 1. The highest BCUT2D eigenvalue weighted by Crippen LogP contribution is 2.29. The van der Waals surface area contributed by atoms with Crippen LogP contribution in [0, 0.1) is 0 Å². The summed E-state index contributed by atoms with van der Waals surface area (Å²) in [6.07, 6.45) is -4.63. The van der Waals surface area contributed by atoms with E-state index in [0.717, 1.165) is 4.57 Å². The Morgan fingerprint density at radius 1 is 1.20 bits per heavy atom. The number of rotatable bonds is 3. The van der Waals surface area contributed by atoms with E-state index >= 15 is 0 Å². The predicted octanol–water partition coefficient (Wildman–Crippen LogP) is 1.58. The van der Waals surface area contributed by atoms with Gasteiger partial charge in [-0.05, 0) is 17.7 Å². The van der Waals surface area contributed by atoms with Crippen molar-refractivity contribution in [3.8, 4) is 0 Å². The number of alkyl halides is 3. The number of carboxylic acid groups (broad SMARTS) is 1. The Labute approximate surface area is 139 Å². The lowest BCUT2D eigenvalue weighted by molar-refractivity contribution is -0.148. The average Bonchev–Trinajstić information content (AvgIpc) is 2.98. The maximum absolute atomic E-state index is 12.8.